The summed E-state index contributed by atoms with van der Waals surface area (Å²) < 4.78 is 18.0. The Kier molecular flexibility index (Phi) is 10.5. The van der Waals surface area contributed by atoms with Crippen LogP contribution in [0, 0.1) is 5.82 Å². The van der Waals surface area contributed by atoms with Gasteiger partial charge < -0.3 is 14.4 Å². The maximum atomic E-state index is 15.9. The number of aryl methyl sites for hydroxylation is 1. The molecule has 0 radical (unpaired) electrons. The number of urea groups is 1. The van der Waals surface area contributed by atoms with Crippen molar-refractivity contribution in [3.63, 3.8) is 0 Å². The van der Waals surface area contributed by atoms with Crippen LogP contribution in [-0.4, -0.2) is 115 Å². The van der Waals surface area contributed by atoms with E-state index < -0.39 is 29.7 Å². The zero-order valence-electron chi connectivity index (χ0n) is 33.5. The fraction of sp³-hybridized carbons (Fsp3) is 0.395. The molecule has 3 aromatic heterocycles. The minimum atomic E-state index is -1.03. The van der Waals surface area contributed by atoms with E-state index in [1.165, 1.54) is 27.2 Å². The van der Waals surface area contributed by atoms with E-state index >= 15 is 4.39 Å². The predicted octanol–water partition coefficient (Wildman–Crippen LogP) is 4.45. The lowest BCUT2D eigenvalue weighted by Crippen LogP contribution is -2.53. The number of imidazole rings is 1. The van der Waals surface area contributed by atoms with Crippen LogP contribution in [0.3, 0.4) is 0 Å². The molecule has 5 amide bonds. The van der Waals surface area contributed by atoms with Crippen molar-refractivity contribution in [2.75, 3.05) is 60.9 Å². The smallest absolute Gasteiger partial charge is 0.329 e. The second-order valence-corrected chi connectivity index (χ2v) is 17.1. The predicted molar refractivity (Wildman–Crippen MR) is 225 cm³/mol. The number of nitrogens with one attached hydrogen (secondary N) is 2. The van der Waals surface area contributed by atoms with Crippen molar-refractivity contribution in [2.45, 2.75) is 63.8 Å². The molecular weight excluding hydrogens is 800 g/mol. The molecule has 2 aromatic carbocycles. The Balaban J connectivity index is 0.743. The van der Waals surface area contributed by atoms with Gasteiger partial charge in [-0.05, 0) is 73.2 Å². The Hall–Kier alpha value is -6.11. The molecule has 0 saturated carbocycles. The molecule has 0 spiro atoms. The summed E-state index contributed by atoms with van der Waals surface area (Å²) in [6.07, 6.45) is 7.40. The lowest BCUT2D eigenvalue weighted by molar-refractivity contribution is -0.121. The summed E-state index contributed by atoms with van der Waals surface area (Å²) >= 11 is 1.29. The number of rotatable bonds is 10. The third-order valence-electron chi connectivity index (χ3n) is 12.7. The van der Waals surface area contributed by atoms with Crippen molar-refractivity contribution in [2.24, 2.45) is 0 Å². The van der Waals surface area contributed by atoms with E-state index in [0.29, 0.717) is 41.3 Å². The van der Waals surface area contributed by atoms with Crippen LogP contribution in [0.25, 0.3) is 11.1 Å². The Labute approximate surface area is 355 Å². The van der Waals surface area contributed by atoms with Gasteiger partial charge in [0.15, 0.2) is 17.0 Å². The average molecular weight is 845 g/mol. The summed E-state index contributed by atoms with van der Waals surface area (Å²) in [5.74, 6) is -1.14. The average Bonchev–Trinajstić information content (AvgIpc) is 4.10. The molecule has 1 unspecified atom stereocenters. The van der Waals surface area contributed by atoms with Gasteiger partial charge in [-0.3, -0.25) is 39.7 Å². The number of likely N-dealkylation sites (tertiary alicyclic amines) is 1. The standard InChI is InChI=1S/C43H45FN12O4S/c44-34-23-28(22-32-33(34)25-56(41(32)59)39(40(58)48-42-45-12-21-61-42)38-35-2-1-13-54(35)26-46-38)27-3-6-30(7-4-27)52-17-19-53(20-18-52)31-9-14-51(15-10-31)24-29-5-8-36(50-49-29)55-16-11-37(57)47-43(55)60/h3-8,12,21-23,26,31,39H,1-2,9-11,13-20,24-25H2,(H,45,48,58)(H,47,57,60). The van der Waals surface area contributed by atoms with Gasteiger partial charge in [0, 0.05) is 105 Å². The first kappa shape index (κ1) is 39.1. The number of benzene rings is 2. The van der Waals surface area contributed by atoms with Crippen LogP contribution in [0.2, 0.25) is 0 Å². The molecule has 1 atom stereocenters. The number of aromatic nitrogens is 5. The van der Waals surface area contributed by atoms with Gasteiger partial charge in [0.1, 0.15) is 5.82 Å². The Morgan fingerprint density at radius 3 is 2.46 bits per heavy atom. The second-order valence-electron chi connectivity index (χ2n) is 16.2. The van der Waals surface area contributed by atoms with Crippen LogP contribution in [-0.2, 0) is 35.6 Å². The van der Waals surface area contributed by atoms with E-state index in [4.69, 9.17) is 0 Å². The number of imide groups is 1. The van der Waals surface area contributed by atoms with Crippen molar-refractivity contribution >= 4 is 51.7 Å². The Morgan fingerprint density at radius 2 is 1.72 bits per heavy atom. The number of carbonyl (C=O) groups is 4. The van der Waals surface area contributed by atoms with Crippen LogP contribution >= 0.6 is 11.3 Å². The molecule has 3 fully saturated rings. The zero-order chi connectivity index (χ0) is 41.6. The van der Waals surface area contributed by atoms with Crippen molar-refractivity contribution in [3.8, 4) is 11.1 Å². The van der Waals surface area contributed by atoms with Crippen LogP contribution in [0.15, 0.2) is 66.4 Å². The number of fused-ring (bicyclic) bond motifs is 2. The summed E-state index contributed by atoms with van der Waals surface area (Å²) in [5.41, 5.74) is 5.35. The fourth-order valence-corrected chi connectivity index (χ4v) is 9.94. The Bertz CT molecular complexity index is 2460. The second kappa shape index (κ2) is 16.4. The number of hydrogen-bond acceptors (Lipinski definition) is 12. The number of thiazole rings is 1. The summed E-state index contributed by atoms with van der Waals surface area (Å²) in [6, 6.07) is 14.1. The number of carbonyl (C=O) groups excluding carboxylic acids is 4. The molecule has 0 aliphatic carbocycles. The van der Waals surface area contributed by atoms with E-state index in [9.17, 15) is 19.2 Å². The normalized spacial score (nSPS) is 19.3. The summed E-state index contributed by atoms with van der Waals surface area (Å²) in [6.45, 7) is 7.43. The molecule has 314 valence electrons. The minimum absolute atomic E-state index is 0.0371. The Morgan fingerprint density at radius 1 is 0.902 bits per heavy atom. The van der Waals surface area contributed by atoms with Gasteiger partial charge in [-0.25, -0.2) is 19.2 Å². The van der Waals surface area contributed by atoms with E-state index in [-0.39, 0.29) is 30.0 Å². The van der Waals surface area contributed by atoms with Crippen molar-refractivity contribution in [1.29, 1.82) is 0 Å². The van der Waals surface area contributed by atoms with Crippen LogP contribution in [0.5, 0.6) is 0 Å². The molecule has 61 heavy (non-hydrogen) atoms. The fourth-order valence-electron chi connectivity index (χ4n) is 9.41. The first-order valence-electron chi connectivity index (χ1n) is 20.9. The number of halogens is 1. The van der Waals surface area contributed by atoms with Gasteiger partial charge in [0.05, 0.1) is 24.3 Å². The highest BCUT2D eigenvalue weighted by atomic mass is 32.1. The summed E-state index contributed by atoms with van der Waals surface area (Å²) in [4.78, 5) is 70.7. The molecule has 18 heteroatoms. The molecule has 0 bridgehead atoms. The first-order valence-corrected chi connectivity index (χ1v) is 21.8. The van der Waals surface area contributed by atoms with Gasteiger partial charge in [-0.1, -0.05) is 12.1 Å². The van der Waals surface area contributed by atoms with Crippen molar-refractivity contribution in [3.05, 3.63) is 100 Å². The monoisotopic (exact) mass is 844 g/mol. The number of piperidine rings is 1. The maximum absolute atomic E-state index is 15.9. The van der Waals surface area contributed by atoms with Gasteiger partial charge in [0.25, 0.3) is 11.8 Å². The third kappa shape index (κ3) is 7.74. The van der Waals surface area contributed by atoms with Gasteiger partial charge >= 0.3 is 6.03 Å². The molecule has 5 aromatic rings. The largest absolute Gasteiger partial charge is 0.369 e. The number of amides is 5. The van der Waals surface area contributed by atoms with Crippen LogP contribution < -0.4 is 20.4 Å². The molecule has 5 aliphatic heterocycles. The quantitative estimate of drug-likeness (QED) is 0.204. The van der Waals surface area contributed by atoms with Crippen molar-refractivity contribution in [1.82, 2.24) is 44.7 Å². The van der Waals surface area contributed by atoms with E-state index in [0.717, 1.165) is 94.1 Å². The van der Waals surface area contributed by atoms with Crippen LogP contribution in [0.4, 0.5) is 25.8 Å². The van der Waals surface area contributed by atoms with Gasteiger partial charge in [-0.15, -0.1) is 16.4 Å². The SMILES string of the molecule is O=C1CCN(c2ccc(CN3CCC(N4CCN(c5ccc(-c6cc(F)c7c(c6)C(=O)N(C(C(=O)Nc6nccs6)c6ncn8c6CCC8)C7)cc5)CC4)CC3)nn2)C(=O)N1. The van der Waals surface area contributed by atoms with Gasteiger partial charge in [-0.2, -0.15) is 5.10 Å². The van der Waals surface area contributed by atoms with Crippen LogP contribution in [0.1, 0.15) is 64.7 Å². The molecule has 2 N–H and O–H groups in total. The summed E-state index contributed by atoms with van der Waals surface area (Å²) in [5, 5.41) is 16.0. The number of anilines is 3. The highest BCUT2D eigenvalue weighted by Crippen LogP contribution is 2.38. The molecule has 16 nitrogen and oxygen atoms in total. The molecule has 5 aliphatic rings. The van der Waals surface area contributed by atoms with Crippen molar-refractivity contribution < 1.29 is 23.6 Å². The molecule has 10 rings (SSSR count). The van der Waals surface area contributed by atoms with Gasteiger partial charge in [0.2, 0.25) is 5.91 Å². The van der Waals surface area contributed by atoms with E-state index in [1.807, 2.05) is 22.8 Å². The van der Waals surface area contributed by atoms with E-state index in [1.54, 1.807) is 30.0 Å². The topological polar surface area (TPSA) is 165 Å². The lowest BCUT2D eigenvalue weighted by atomic mass is 9.99. The number of nitrogens with zero attached hydrogens (tertiary/aromatic N) is 10. The lowest BCUT2D eigenvalue weighted by Gasteiger charge is -2.43. The number of hydrogen-bond donors (Lipinski definition) is 2. The van der Waals surface area contributed by atoms with E-state index in [2.05, 4.69) is 57.6 Å². The molecule has 8 heterocycles. The molecule has 3 saturated heterocycles. The minimum Gasteiger partial charge on any atom is -0.369 e. The first-order chi connectivity index (χ1) is 29.8. The molecular formula is C43H45FN12O4S. The highest BCUT2D eigenvalue weighted by molar-refractivity contribution is 7.13. The third-order valence-corrected chi connectivity index (χ3v) is 13.4. The highest BCUT2D eigenvalue weighted by Gasteiger charge is 2.42. The maximum Gasteiger partial charge on any atom is 0.329 e. The zero-order valence-corrected chi connectivity index (χ0v) is 34.3. The number of piperazine rings is 1. The summed E-state index contributed by atoms with van der Waals surface area (Å²) in [7, 11) is 0.